The monoisotopic (exact) mass is 239 g/mol. The van der Waals surface area contributed by atoms with Crippen molar-refractivity contribution in [1.29, 1.82) is 0 Å². The third-order valence-electron chi connectivity index (χ3n) is 2.07. The number of hydrogen-bond acceptors (Lipinski definition) is 2. The molecule has 0 saturated heterocycles. The summed E-state index contributed by atoms with van der Waals surface area (Å²) in [6, 6.07) is 5.24. The summed E-state index contributed by atoms with van der Waals surface area (Å²) in [4.78, 5) is 22.9. The maximum Gasteiger partial charge on any atom is 0.272 e. The van der Waals surface area contributed by atoms with Crippen LogP contribution < -0.4 is 0 Å². The molecular formula is C9H6BrNO2. The first-order valence-electron chi connectivity index (χ1n) is 3.77. The van der Waals surface area contributed by atoms with Crippen molar-refractivity contribution in [3.63, 3.8) is 0 Å². The lowest BCUT2D eigenvalue weighted by atomic mass is 10.0. The second-order valence-corrected chi connectivity index (χ2v) is 3.60. The van der Waals surface area contributed by atoms with Crippen LogP contribution in [0.2, 0.25) is 0 Å². The molecule has 0 fully saturated rings. The van der Waals surface area contributed by atoms with Gasteiger partial charge in [0.2, 0.25) is 0 Å². The third-order valence-corrected chi connectivity index (χ3v) is 2.72. The van der Waals surface area contributed by atoms with Crippen molar-refractivity contribution in [2.75, 3.05) is 0 Å². The number of rotatable bonds is 0. The first kappa shape index (κ1) is 8.44. The fourth-order valence-electron chi connectivity index (χ4n) is 1.43. The van der Waals surface area contributed by atoms with E-state index in [-0.39, 0.29) is 11.8 Å². The molecule has 0 aromatic heterocycles. The highest BCUT2D eigenvalue weighted by molar-refractivity contribution is 9.08. The molecule has 66 valence electrons. The van der Waals surface area contributed by atoms with E-state index in [0.29, 0.717) is 11.1 Å². The van der Waals surface area contributed by atoms with Crippen LogP contribution in [-0.4, -0.2) is 15.7 Å². The van der Waals surface area contributed by atoms with E-state index in [1.165, 1.54) is 0 Å². The van der Waals surface area contributed by atoms with Gasteiger partial charge in [0, 0.05) is 0 Å². The van der Waals surface area contributed by atoms with Gasteiger partial charge in [0.1, 0.15) is 0 Å². The standard InChI is InChI=1S/C9H6BrNO2/c1-5-3-2-4-6-7(5)9(13)11(10)8(6)12/h2-4H,1H3. The molecule has 1 heterocycles. The molecule has 1 aromatic carbocycles. The first-order valence-corrected chi connectivity index (χ1v) is 4.48. The normalized spacial score (nSPS) is 15.1. The number of nitrogens with zero attached hydrogens (tertiary/aromatic N) is 1. The largest absolute Gasteiger partial charge is 0.272 e. The van der Waals surface area contributed by atoms with E-state index < -0.39 is 0 Å². The second kappa shape index (κ2) is 2.67. The molecule has 2 rings (SSSR count). The zero-order chi connectivity index (χ0) is 9.59. The molecule has 0 saturated carbocycles. The molecule has 0 spiro atoms. The molecule has 0 N–H and O–H groups in total. The van der Waals surface area contributed by atoms with Gasteiger partial charge in [-0.3, -0.25) is 9.59 Å². The molecule has 2 amide bonds. The maximum atomic E-state index is 11.5. The minimum Gasteiger partial charge on any atom is -0.268 e. The van der Waals surface area contributed by atoms with Crippen LogP contribution in [0.3, 0.4) is 0 Å². The summed E-state index contributed by atoms with van der Waals surface area (Å²) in [6.45, 7) is 1.82. The van der Waals surface area contributed by atoms with Crippen molar-refractivity contribution in [2.24, 2.45) is 0 Å². The van der Waals surface area contributed by atoms with Gasteiger partial charge in [-0.25, -0.2) is 3.93 Å². The van der Waals surface area contributed by atoms with Crippen LogP contribution in [-0.2, 0) is 0 Å². The van der Waals surface area contributed by atoms with Crippen molar-refractivity contribution < 1.29 is 9.59 Å². The van der Waals surface area contributed by atoms with Gasteiger partial charge in [0.25, 0.3) is 11.8 Å². The van der Waals surface area contributed by atoms with Gasteiger partial charge in [-0.15, -0.1) is 0 Å². The van der Waals surface area contributed by atoms with Crippen molar-refractivity contribution in [1.82, 2.24) is 3.93 Å². The van der Waals surface area contributed by atoms with E-state index in [0.717, 1.165) is 9.49 Å². The lowest BCUT2D eigenvalue weighted by Gasteiger charge is -1.99. The average Bonchev–Trinajstić information content (AvgIpc) is 2.33. The summed E-state index contributed by atoms with van der Waals surface area (Å²) in [5, 5.41) is 0. The Morgan fingerprint density at radius 2 is 1.92 bits per heavy atom. The highest BCUT2D eigenvalue weighted by atomic mass is 79.9. The number of halogens is 1. The van der Waals surface area contributed by atoms with Crippen LogP contribution >= 0.6 is 16.1 Å². The Kier molecular flexibility index (Phi) is 1.73. The Bertz CT molecular complexity index is 414. The predicted molar refractivity (Wildman–Crippen MR) is 50.6 cm³/mol. The smallest absolute Gasteiger partial charge is 0.268 e. The fraction of sp³-hybridized carbons (Fsp3) is 0.111. The van der Waals surface area contributed by atoms with Crippen LogP contribution in [0.5, 0.6) is 0 Å². The molecule has 1 aliphatic rings. The van der Waals surface area contributed by atoms with E-state index in [9.17, 15) is 9.59 Å². The van der Waals surface area contributed by atoms with Crippen molar-refractivity contribution in [3.8, 4) is 0 Å². The number of hydrogen-bond donors (Lipinski definition) is 0. The number of amides is 2. The van der Waals surface area contributed by atoms with Crippen molar-refractivity contribution in [3.05, 3.63) is 34.9 Å². The lowest BCUT2D eigenvalue weighted by molar-refractivity contribution is 0.0785. The highest BCUT2D eigenvalue weighted by Crippen LogP contribution is 2.27. The van der Waals surface area contributed by atoms with Gasteiger partial charge in [-0.2, -0.15) is 0 Å². The molecule has 0 unspecified atom stereocenters. The Balaban J connectivity index is 2.74. The summed E-state index contributed by atoms with van der Waals surface area (Å²) in [7, 11) is 0. The summed E-state index contributed by atoms with van der Waals surface area (Å²) >= 11 is 2.92. The van der Waals surface area contributed by atoms with E-state index in [1.807, 2.05) is 13.0 Å². The van der Waals surface area contributed by atoms with Crippen LogP contribution in [0.15, 0.2) is 18.2 Å². The molecule has 13 heavy (non-hydrogen) atoms. The Hall–Kier alpha value is -1.16. The maximum absolute atomic E-state index is 11.5. The van der Waals surface area contributed by atoms with Crippen LogP contribution in [0.25, 0.3) is 0 Å². The number of imide groups is 1. The summed E-state index contributed by atoms with van der Waals surface area (Å²) in [6.07, 6.45) is 0. The van der Waals surface area contributed by atoms with Gasteiger partial charge in [0.15, 0.2) is 0 Å². The topological polar surface area (TPSA) is 37.4 Å². The van der Waals surface area contributed by atoms with E-state index >= 15 is 0 Å². The lowest BCUT2D eigenvalue weighted by Crippen LogP contribution is -2.17. The molecule has 1 aliphatic heterocycles. The van der Waals surface area contributed by atoms with Gasteiger partial charge in [0.05, 0.1) is 27.3 Å². The summed E-state index contributed by atoms with van der Waals surface area (Å²) in [5.74, 6) is -0.568. The first-order chi connectivity index (χ1) is 6.13. The minimum atomic E-state index is -0.288. The molecule has 3 nitrogen and oxygen atoms in total. The van der Waals surface area contributed by atoms with Gasteiger partial charge in [-0.05, 0) is 18.6 Å². The summed E-state index contributed by atoms with van der Waals surface area (Å²) in [5.41, 5.74) is 1.81. The Morgan fingerprint density at radius 1 is 1.23 bits per heavy atom. The van der Waals surface area contributed by atoms with Crippen molar-refractivity contribution >= 4 is 28.0 Å². The van der Waals surface area contributed by atoms with E-state index in [1.54, 1.807) is 12.1 Å². The SMILES string of the molecule is Cc1cccc2c1C(=O)N(Br)C2=O. The number of carbonyl (C=O) groups excluding carboxylic acids is 2. The number of fused-ring (bicyclic) bond motifs is 1. The molecule has 0 bridgehead atoms. The van der Waals surface area contributed by atoms with Crippen LogP contribution in [0.4, 0.5) is 0 Å². The number of aryl methyl sites for hydroxylation is 1. The van der Waals surface area contributed by atoms with Gasteiger partial charge >= 0.3 is 0 Å². The van der Waals surface area contributed by atoms with Gasteiger partial charge < -0.3 is 0 Å². The minimum absolute atomic E-state index is 0.280. The zero-order valence-electron chi connectivity index (χ0n) is 6.87. The zero-order valence-corrected chi connectivity index (χ0v) is 8.46. The van der Waals surface area contributed by atoms with Crippen LogP contribution in [0.1, 0.15) is 26.3 Å². The number of benzene rings is 1. The highest BCUT2D eigenvalue weighted by Gasteiger charge is 2.35. The quantitative estimate of drug-likeness (QED) is 0.513. The second-order valence-electron chi connectivity index (χ2n) is 2.89. The van der Waals surface area contributed by atoms with Crippen molar-refractivity contribution in [2.45, 2.75) is 6.92 Å². The Morgan fingerprint density at radius 3 is 2.54 bits per heavy atom. The molecule has 0 radical (unpaired) electrons. The van der Waals surface area contributed by atoms with Crippen LogP contribution in [0, 0.1) is 6.92 Å². The molecule has 0 aliphatic carbocycles. The Labute approximate surface area is 83.7 Å². The summed E-state index contributed by atoms with van der Waals surface area (Å²) < 4.78 is 0.963. The van der Waals surface area contributed by atoms with E-state index in [2.05, 4.69) is 16.1 Å². The fourth-order valence-corrected chi connectivity index (χ4v) is 1.79. The molecule has 1 aromatic rings. The predicted octanol–water partition coefficient (Wildman–Crippen LogP) is 1.90. The molecule has 4 heteroatoms. The van der Waals surface area contributed by atoms with E-state index in [4.69, 9.17) is 0 Å². The number of carbonyl (C=O) groups is 2. The average molecular weight is 240 g/mol. The van der Waals surface area contributed by atoms with Gasteiger partial charge in [-0.1, -0.05) is 12.1 Å². The molecule has 0 atom stereocenters. The third kappa shape index (κ3) is 1.02. The molecular weight excluding hydrogens is 234 g/mol.